The topological polar surface area (TPSA) is 43.7 Å². The van der Waals surface area contributed by atoms with E-state index in [0.29, 0.717) is 12.1 Å². The first-order valence-corrected chi connectivity index (χ1v) is 8.15. The van der Waals surface area contributed by atoms with Crippen molar-refractivity contribution in [3.8, 4) is 11.5 Å². The zero-order chi connectivity index (χ0) is 17.9. The molecule has 0 bridgehead atoms. The molecule has 2 N–H and O–H groups in total. The minimum atomic E-state index is -0.230. The van der Waals surface area contributed by atoms with Crippen molar-refractivity contribution in [2.24, 2.45) is 0 Å². The average Bonchev–Trinajstić information content (AvgIpc) is 2.50. The quantitative estimate of drug-likeness (QED) is 0.807. The van der Waals surface area contributed by atoms with Gasteiger partial charge in [0.2, 0.25) is 0 Å². The third-order valence-electron chi connectivity index (χ3n) is 4.17. The van der Waals surface area contributed by atoms with Gasteiger partial charge in [0.1, 0.15) is 5.82 Å². The number of hydrogen-bond donors (Lipinski definition) is 2. The molecule has 0 spiro atoms. The molecule has 0 unspecified atom stereocenters. The van der Waals surface area contributed by atoms with Crippen molar-refractivity contribution >= 4 is 0 Å². The Kier molecular flexibility index (Phi) is 5.50. The molecule has 2 rings (SSSR count). The number of halogens is 1. The molecule has 4 heteroatoms. The lowest BCUT2D eigenvalue weighted by atomic mass is 9.85. The summed E-state index contributed by atoms with van der Waals surface area (Å²) in [6.07, 6.45) is 0.794. The Labute approximate surface area is 143 Å². The van der Waals surface area contributed by atoms with Crippen molar-refractivity contribution in [1.82, 2.24) is 4.90 Å². The van der Waals surface area contributed by atoms with Crippen LogP contribution in [0.5, 0.6) is 11.5 Å². The zero-order valence-electron chi connectivity index (χ0n) is 14.8. The number of hydrogen-bond acceptors (Lipinski definition) is 3. The van der Waals surface area contributed by atoms with Gasteiger partial charge in [0.05, 0.1) is 0 Å². The molecule has 2 aromatic rings. The van der Waals surface area contributed by atoms with E-state index >= 15 is 0 Å². The second kappa shape index (κ2) is 7.22. The van der Waals surface area contributed by atoms with E-state index in [4.69, 9.17) is 0 Å². The third kappa shape index (κ3) is 4.71. The SMILES string of the molecule is CN(CCc1ccc(F)cc1)Cc1cc(C(C)(C)C)cc(O)c1O. The highest BCUT2D eigenvalue weighted by Crippen LogP contribution is 2.35. The summed E-state index contributed by atoms with van der Waals surface area (Å²) in [4.78, 5) is 2.07. The van der Waals surface area contributed by atoms with E-state index in [1.165, 1.54) is 12.1 Å². The van der Waals surface area contributed by atoms with Crippen LogP contribution in [0, 0.1) is 5.82 Å². The summed E-state index contributed by atoms with van der Waals surface area (Å²) in [6, 6.07) is 10.1. The molecular weight excluding hydrogens is 305 g/mol. The summed E-state index contributed by atoms with van der Waals surface area (Å²) >= 11 is 0. The van der Waals surface area contributed by atoms with Crippen LogP contribution < -0.4 is 0 Å². The van der Waals surface area contributed by atoms with Crippen molar-refractivity contribution in [2.45, 2.75) is 39.2 Å². The molecule has 3 nitrogen and oxygen atoms in total. The summed E-state index contributed by atoms with van der Waals surface area (Å²) in [5.74, 6) is -0.368. The van der Waals surface area contributed by atoms with Crippen molar-refractivity contribution < 1.29 is 14.6 Å². The van der Waals surface area contributed by atoms with Crippen LogP contribution in [0.2, 0.25) is 0 Å². The standard InChI is InChI=1S/C20H26FNO2/c1-20(2,3)16-11-15(19(24)18(23)12-16)13-22(4)10-9-14-5-7-17(21)8-6-14/h5-8,11-12,23-24H,9-10,13H2,1-4H3. The Bertz CT molecular complexity index is 690. The Balaban J connectivity index is 2.06. The number of phenols is 2. The average molecular weight is 331 g/mol. The van der Waals surface area contributed by atoms with Crippen molar-refractivity contribution in [1.29, 1.82) is 0 Å². The van der Waals surface area contributed by atoms with Gasteiger partial charge >= 0.3 is 0 Å². The molecular formula is C20H26FNO2. The molecule has 0 fully saturated rings. The smallest absolute Gasteiger partial charge is 0.162 e. The number of rotatable bonds is 5. The maximum atomic E-state index is 12.9. The van der Waals surface area contributed by atoms with Crippen LogP contribution in [0.3, 0.4) is 0 Å². The molecule has 0 aliphatic heterocycles. The second-order valence-electron chi connectivity index (χ2n) is 7.37. The lowest BCUT2D eigenvalue weighted by molar-refractivity contribution is 0.319. The van der Waals surface area contributed by atoms with Crippen LogP contribution in [0.15, 0.2) is 36.4 Å². The molecule has 0 heterocycles. The van der Waals surface area contributed by atoms with Gasteiger partial charge < -0.3 is 15.1 Å². The summed E-state index contributed by atoms with van der Waals surface area (Å²) < 4.78 is 12.9. The molecule has 130 valence electrons. The minimum Gasteiger partial charge on any atom is -0.504 e. The molecule has 0 aliphatic rings. The largest absolute Gasteiger partial charge is 0.504 e. The van der Waals surface area contributed by atoms with Gasteiger partial charge in [0.25, 0.3) is 0 Å². The number of aromatic hydroxyl groups is 2. The van der Waals surface area contributed by atoms with E-state index in [0.717, 1.165) is 24.1 Å². The van der Waals surface area contributed by atoms with Gasteiger partial charge in [-0.05, 0) is 48.2 Å². The third-order valence-corrected chi connectivity index (χ3v) is 4.17. The van der Waals surface area contributed by atoms with Crippen LogP contribution in [0.1, 0.15) is 37.5 Å². The Morgan fingerprint density at radius 2 is 1.67 bits per heavy atom. The number of nitrogens with zero attached hydrogens (tertiary/aromatic N) is 1. The van der Waals surface area contributed by atoms with Gasteiger partial charge in [-0.1, -0.05) is 39.0 Å². The van der Waals surface area contributed by atoms with E-state index in [1.807, 2.05) is 13.1 Å². The van der Waals surface area contributed by atoms with Gasteiger partial charge in [-0.25, -0.2) is 4.39 Å². The van der Waals surface area contributed by atoms with Crippen molar-refractivity contribution in [3.05, 3.63) is 58.9 Å². The summed E-state index contributed by atoms with van der Waals surface area (Å²) in [7, 11) is 1.96. The molecule has 0 aliphatic carbocycles. The molecule has 0 radical (unpaired) electrons. The maximum absolute atomic E-state index is 12.9. The van der Waals surface area contributed by atoms with Gasteiger partial charge in [0, 0.05) is 18.7 Å². The summed E-state index contributed by atoms with van der Waals surface area (Å²) in [5, 5.41) is 20.1. The molecule has 0 saturated heterocycles. The molecule has 0 amide bonds. The highest BCUT2D eigenvalue weighted by atomic mass is 19.1. The predicted octanol–water partition coefficient (Wildman–Crippen LogP) is 4.21. The molecule has 2 aromatic carbocycles. The number of likely N-dealkylation sites (N-methyl/N-ethyl adjacent to an activating group) is 1. The summed E-state index contributed by atoms with van der Waals surface area (Å²) in [6.45, 7) is 7.51. The van der Waals surface area contributed by atoms with E-state index in [1.54, 1.807) is 18.2 Å². The van der Waals surface area contributed by atoms with E-state index in [2.05, 4.69) is 25.7 Å². The first-order chi connectivity index (χ1) is 11.2. The van der Waals surface area contributed by atoms with Crippen molar-refractivity contribution in [2.75, 3.05) is 13.6 Å². The van der Waals surface area contributed by atoms with Gasteiger partial charge in [0.15, 0.2) is 11.5 Å². The Morgan fingerprint density at radius 3 is 2.25 bits per heavy atom. The van der Waals surface area contributed by atoms with Crippen LogP contribution in [-0.2, 0) is 18.4 Å². The first kappa shape index (κ1) is 18.3. The fourth-order valence-corrected chi connectivity index (χ4v) is 2.57. The first-order valence-electron chi connectivity index (χ1n) is 8.15. The van der Waals surface area contributed by atoms with E-state index in [9.17, 15) is 14.6 Å². The molecule has 24 heavy (non-hydrogen) atoms. The molecule has 0 atom stereocenters. The van der Waals surface area contributed by atoms with Crippen LogP contribution in [-0.4, -0.2) is 28.7 Å². The normalized spacial score (nSPS) is 11.9. The highest BCUT2D eigenvalue weighted by Gasteiger charge is 2.19. The van der Waals surface area contributed by atoms with E-state index < -0.39 is 0 Å². The fourth-order valence-electron chi connectivity index (χ4n) is 2.57. The summed E-state index contributed by atoms with van der Waals surface area (Å²) in [5.41, 5.74) is 2.66. The lowest BCUT2D eigenvalue weighted by Gasteiger charge is -2.23. The lowest BCUT2D eigenvalue weighted by Crippen LogP contribution is -2.21. The maximum Gasteiger partial charge on any atom is 0.162 e. The highest BCUT2D eigenvalue weighted by molar-refractivity contribution is 5.49. The predicted molar refractivity (Wildman–Crippen MR) is 94.9 cm³/mol. The van der Waals surface area contributed by atoms with Crippen LogP contribution in [0.4, 0.5) is 4.39 Å². The van der Waals surface area contributed by atoms with Gasteiger partial charge in [-0.3, -0.25) is 0 Å². The van der Waals surface area contributed by atoms with Gasteiger partial charge in [-0.15, -0.1) is 0 Å². The Hall–Kier alpha value is -2.07. The van der Waals surface area contributed by atoms with Crippen molar-refractivity contribution in [3.63, 3.8) is 0 Å². The molecule has 0 saturated carbocycles. The minimum absolute atomic E-state index is 0.0587. The second-order valence-corrected chi connectivity index (χ2v) is 7.37. The number of benzene rings is 2. The van der Waals surface area contributed by atoms with Crippen LogP contribution in [0.25, 0.3) is 0 Å². The molecule has 0 aromatic heterocycles. The zero-order valence-corrected chi connectivity index (χ0v) is 14.8. The Morgan fingerprint density at radius 1 is 1.04 bits per heavy atom. The van der Waals surface area contributed by atoms with Gasteiger partial charge in [-0.2, -0.15) is 0 Å². The number of phenolic OH excluding ortho intramolecular Hbond substituents is 2. The monoisotopic (exact) mass is 331 g/mol. The van der Waals surface area contributed by atoms with E-state index in [-0.39, 0.29) is 22.7 Å². The van der Waals surface area contributed by atoms with Crippen LogP contribution >= 0.6 is 0 Å². The fraction of sp³-hybridized carbons (Fsp3) is 0.400.